The third-order valence-corrected chi connectivity index (χ3v) is 5.57. The highest BCUT2D eigenvalue weighted by Crippen LogP contribution is 2.53. The van der Waals surface area contributed by atoms with Gasteiger partial charge in [0.25, 0.3) is 0 Å². The van der Waals surface area contributed by atoms with Crippen molar-refractivity contribution in [2.75, 3.05) is 0 Å². The van der Waals surface area contributed by atoms with E-state index in [1.165, 1.54) is 0 Å². The van der Waals surface area contributed by atoms with Crippen LogP contribution in [0.15, 0.2) is 29.2 Å². The van der Waals surface area contributed by atoms with Crippen LogP contribution >= 0.6 is 44.5 Å². The van der Waals surface area contributed by atoms with Crippen molar-refractivity contribution in [1.82, 2.24) is 0 Å². The predicted molar refractivity (Wildman–Crippen MR) is 120 cm³/mol. The Morgan fingerprint density at radius 2 is 1.36 bits per heavy atom. The fourth-order valence-corrected chi connectivity index (χ4v) is 3.39. The molecule has 1 saturated carbocycles. The van der Waals surface area contributed by atoms with Gasteiger partial charge < -0.3 is 9.47 Å². The molecule has 0 unspecified atom stereocenters. The lowest BCUT2D eigenvalue weighted by Gasteiger charge is -2.23. The van der Waals surface area contributed by atoms with Gasteiger partial charge in [0.05, 0.1) is 4.90 Å². The van der Waals surface area contributed by atoms with E-state index >= 15 is 0 Å². The van der Waals surface area contributed by atoms with E-state index in [2.05, 4.69) is 31.9 Å². The smallest absolute Gasteiger partial charge is 0.327 e. The lowest BCUT2D eigenvalue weighted by Crippen LogP contribution is -2.30. The van der Waals surface area contributed by atoms with Crippen molar-refractivity contribution in [2.24, 2.45) is 0 Å². The molecule has 0 bridgehead atoms. The normalized spacial score (nSPS) is 14.8. The second-order valence-electron chi connectivity index (χ2n) is 7.96. The summed E-state index contributed by atoms with van der Waals surface area (Å²) in [5, 5.41) is 1.40. The van der Waals surface area contributed by atoms with Gasteiger partial charge in [-0.1, -0.05) is 56.1 Å². The molecule has 0 amide bonds. The molecule has 0 heterocycles. The van der Waals surface area contributed by atoms with Gasteiger partial charge in [0.15, 0.2) is 5.75 Å². The first-order valence-corrected chi connectivity index (χ1v) is 11.0. The van der Waals surface area contributed by atoms with Crippen molar-refractivity contribution >= 4 is 67.2 Å². The number of carbonyl (C=O) groups is 2. The number of hydrogen-bond donors (Lipinski definition) is 1. The zero-order valence-electron chi connectivity index (χ0n) is 16.1. The molecule has 0 spiro atoms. The van der Waals surface area contributed by atoms with Gasteiger partial charge in [0, 0.05) is 16.3 Å². The van der Waals surface area contributed by atoms with Gasteiger partial charge in [-0.15, -0.1) is 12.6 Å². The minimum absolute atomic E-state index is 0.229. The fourth-order valence-electron chi connectivity index (χ4n) is 2.77. The van der Waals surface area contributed by atoms with Crippen molar-refractivity contribution in [3.8, 4) is 11.5 Å². The second-order valence-corrected chi connectivity index (χ2v) is 12.4. The summed E-state index contributed by atoms with van der Waals surface area (Å²) in [6, 6.07) is 7.43. The van der Waals surface area contributed by atoms with Crippen LogP contribution in [-0.4, -0.2) is 20.6 Å². The molecule has 0 aliphatic heterocycles. The van der Waals surface area contributed by atoms with Gasteiger partial charge in [-0.3, -0.25) is 9.59 Å². The molecule has 1 aliphatic carbocycles. The van der Waals surface area contributed by atoms with Crippen LogP contribution in [0.4, 0.5) is 0 Å². The van der Waals surface area contributed by atoms with Gasteiger partial charge >= 0.3 is 11.9 Å². The Balaban J connectivity index is 2.22. The van der Waals surface area contributed by atoms with E-state index in [1.54, 1.807) is 27.7 Å². The largest absolute Gasteiger partial charge is 0.424 e. The Morgan fingerprint density at radius 3 is 1.79 bits per heavy atom. The van der Waals surface area contributed by atoms with Crippen LogP contribution in [0.3, 0.4) is 0 Å². The summed E-state index contributed by atoms with van der Waals surface area (Å²) in [5.41, 5.74) is 0.822. The van der Waals surface area contributed by atoms with Gasteiger partial charge in [0.1, 0.15) is 14.4 Å². The predicted octanol–water partition coefficient (Wildman–Crippen LogP) is 6.16. The maximum atomic E-state index is 12.6. The van der Waals surface area contributed by atoms with Crippen molar-refractivity contribution < 1.29 is 19.1 Å². The SMILES string of the molecule is CC(C)(Br)C(=O)Oc1c(S)c(C2CC2)c(OC(=O)C(C)(C)Br)c2ccccc12. The summed E-state index contributed by atoms with van der Waals surface area (Å²) in [7, 11) is 0. The van der Waals surface area contributed by atoms with E-state index in [1.807, 2.05) is 24.3 Å². The van der Waals surface area contributed by atoms with Gasteiger partial charge in [-0.25, -0.2) is 0 Å². The molecule has 0 radical (unpaired) electrons. The van der Waals surface area contributed by atoms with E-state index < -0.39 is 20.6 Å². The minimum atomic E-state index is -0.834. The molecule has 2 aromatic rings. The number of esters is 2. The number of benzene rings is 2. The van der Waals surface area contributed by atoms with Crippen LogP contribution in [0.5, 0.6) is 11.5 Å². The highest BCUT2D eigenvalue weighted by atomic mass is 79.9. The number of thiol groups is 1. The van der Waals surface area contributed by atoms with Crippen LogP contribution in [0, 0.1) is 0 Å². The number of fused-ring (bicyclic) bond motifs is 1. The first-order chi connectivity index (χ1) is 12.9. The maximum absolute atomic E-state index is 12.6. The van der Waals surface area contributed by atoms with Crippen molar-refractivity contribution in [1.29, 1.82) is 0 Å². The van der Waals surface area contributed by atoms with Crippen LogP contribution in [-0.2, 0) is 9.59 Å². The van der Waals surface area contributed by atoms with Crippen LogP contribution in [0.1, 0.15) is 52.0 Å². The van der Waals surface area contributed by atoms with Gasteiger partial charge in [0.2, 0.25) is 0 Å². The highest BCUT2D eigenvalue weighted by Gasteiger charge is 2.36. The Kier molecular flexibility index (Phi) is 5.92. The zero-order valence-corrected chi connectivity index (χ0v) is 20.2. The molecule has 0 aromatic heterocycles. The average molecular weight is 530 g/mol. The lowest BCUT2D eigenvalue weighted by atomic mass is 10.0. The van der Waals surface area contributed by atoms with Crippen molar-refractivity contribution in [2.45, 2.75) is 60.0 Å². The minimum Gasteiger partial charge on any atom is -0.424 e. The quantitative estimate of drug-likeness (QED) is 0.218. The van der Waals surface area contributed by atoms with E-state index in [-0.39, 0.29) is 5.92 Å². The highest BCUT2D eigenvalue weighted by molar-refractivity contribution is 9.10. The Bertz CT molecular complexity index is 954. The van der Waals surface area contributed by atoms with E-state index in [4.69, 9.17) is 22.1 Å². The fraction of sp³-hybridized carbons (Fsp3) is 0.429. The van der Waals surface area contributed by atoms with Crippen molar-refractivity contribution in [3.63, 3.8) is 0 Å². The van der Waals surface area contributed by atoms with Crippen LogP contribution < -0.4 is 9.47 Å². The van der Waals surface area contributed by atoms with Gasteiger partial charge in [-0.2, -0.15) is 0 Å². The molecule has 3 rings (SSSR count). The van der Waals surface area contributed by atoms with Gasteiger partial charge in [-0.05, 0) is 46.5 Å². The summed E-state index contributed by atoms with van der Waals surface area (Å²) >= 11 is 11.4. The molecule has 0 atom stereocenters. The molecule has 150 valence electrons. The Hall–Kier alpha value is -1.05. The topological polar surface area (TPSA) is 52.6 Å². The molecule has 7 heteroatoms. The number of alkyl halides is 2. The number of rotatable bonds is 5. The molecule has 0 N–H and O–H groups in total. The monoisotopic (exact) mass is 528 g/mol. The molecule has 28 heavy (non-hydrogen) atoms. The Morgan fingerprint density at radius 1 is 0.929 bits per heavy atom. The van der Waals surface area contributed by atoms with Crippen LogP contribution in [0.2, 0.25) is 0 Å². The standard InChI is InChI=1S/C21H22Br2O4S/c1-20(2,22)18(24)26-15-12-7-5-6-8-13(12)16(27-19(25)21(3,4)23)17(28)14(15)11-9-10-11/h5-8,11,28H,9-10H2,1-4H3. The Labute approximate surface area is 187 Å². The lowest BCUT2D eigenvalue weighted by molar-refractivity contribution is -0.137. The summed E-state index contributed by atoms with van der Waals surface area (Å²) in [4.78, 5) is 25.7. The van der Waals surface area contributed by atoms with E-state index in [9.17, 15) is 9.59 Å². The first kappa shape index (κ1) is 21.7. The van der Waals surface area contributed by atoms with E-state index in [0.29, 0.717) is 21.8 Å². The maximum Gasteiger partial charge on any atom is 0.327 e. The molecule has 4 nitrogen and oxygen atoms in total. The summed E-state index contributed by atoms with van der Waals surface area (Å²) in [5.74, 6) is 0.322. The number of halogens is 2. The average Bonchev–Trinajstić information content (AvgIpc) is 3.41. The van der Waals surface area contributed by atoms with Crippen LogP contribution in [0.25, 0.3) is 10.8 Å². The number of ether oxygens (including phenoxy) is 2. The third-order valence-electron chi connectivity index (χ3n) is 4.48. The number of carbonyl (C=O) groups excluding carboxylic acids is 2. The molecular weight excluding hydrogens is 508 g/mol. The third kappa shape index (κ3) is 4.41. The summed E-state index contributed by atoms with van der Waals surface area (Å²) in [6.07, 6.45) is 1.96. The van der Waals surface area contributed by atoms with E-state index in [0.717, 1.165) is 23.8 Å². The summed E-state index contributed by atoms with van der Waals surface area (Å²) < 4.78 is 9.95. The molecular formula is C21H22Br2O4S. The molecule has 1 aliphatic rings. The second kappa shape index (κ2) is 7.65. The molecule has 2 aromatic carbocycles. The number of hydrogen-bond acceptors (Lipinski definition) is 5. The van der Waals surface area contributed by atoms with Crippen molar-refractivity contribution in [3.05, 3.63) is 29.8 Å². The summed E-state index contributed by atoms with van der Waals surface area (Å²) in [6.45, 7) is 6.94. The first-order valence-electron chi connectivity index (χ1n) is 9.01. The zero-order chi connectivity index (χ0) is 20.9. The molecule has 1 fully saturated rings. The molecule has 0 saturated heterocycles.